The van der Waals surface area contributed by atoms with Crippen molar-refractivity contribution >= 4 is 0 Å². The third-order valence-corrected chi connectivity index (χ3v) is 12.2. The Hall–Kier alpha value is -0.520. The average molecular weight is 499 g/mol. The molecule has 36 heavy (non-hydrogen) atoms. The first-order chi connectivity index (χ1) is 16.9. The molecule has 2 saturated carbocycles. The van der Waals surface area contributed by atoms with Crippen LogP contribution >= 0.6 is 0 Å². The molecule has 210 valence electrons. The summed E-state index contributed by atoms with van der Waals surface area (Å²) in [6.07, 6.45) is 19.2. The van der Waals surface area contributed by atoms with E-state index >= 15 is 0 Å². The highest BCUT2D eigenvalue weighted by molar-refractivity contribution is 5.26. The molecule has 0 nitrogen and oxygen atoms in total. The van der Waals surface area contributed by atoms with Gasteiger partial charge in [-0.25, -0.2) is 0 Å². The van der Waals surface area contributed by atoms with Crippen LogP contribution in [0, 0.1) is 52.3 Å². The fraction of sp³-hybridized carbons (Fsp3) is 0.889. The largest absolute Gasteiger partial charge is 0.0993 e. The summed E-state index contributed by atoms with van der Waals surface area (Å²) in [7, 11) is 0. The molecule has 0 aromatic rings. The minimum Gasteiger partial charge on any atom is -0.0993 e. The van der Waals surface area contributed by atoms with E-state index in [0.717, 1.165) is 29.6 Å². The Morgan fingerprint density at radius 2 is 1.39 bits per heavy atom. The Labute approximate surface area is 228 Å². The van der Waals surface area contributed by atoms with E-state index in [-0.39, 0.29) is 0 Å². The Balaban J connectivity index is 1.83. The lowest BCUT2D eigenvalue weighted by Crippen LogP contribution is -2.37. The number of hydrogen-bond acceptors (Lipinski definition) is 0. The Morgan fingerprint density at radius 3 is 1.97 bits per heavy atom. The van der Waals surface area contributed by atoms with Crippen molar-refractivity contribution in [1.82, 2.24) is 0 Å². The van der Waals surface area contributed by atoms with Crippen LogP contribution in [0.4, 0.5) is 0 Å². The fourth-order valence-corrected chi connectivity index (χ4v) is 7.76. The molecular formula is C36H66. The standard InChI is InChI=1S/C36H66/c1-12-26(3)18-16-25-36(11,13-2)28(5)19-17-24-35(9,10)27(4)22-23-32-29(6)30(7)33-20-14-15-21-34(33)31(32)8/h26-29,32-34H,7-8,12-25H2,1-6,9-11H3. The summed E-state index contributed by atoms with van der Waals surface area (Å²) in [6, 6.07) is 0. The molecule has 0 amide bonds. The molecule has 0 saturated heterocycles. The third-order valence-electron chi connectivity index (χ3n) is 12.2. The second-order valence-corrected chi connectivity index (χ2v) is 14.7. The maximum absolute atomic E-state index is 4.70. The van der Waals surface area contributed by atoms with Crippen LogP contribution in [-0.2, 0) is 0 Å². The van der Waals surface area contributed by atoms with Gasteiger partial charge >= 0.3 is 0 Å². The van der Waals surface area contributed by atoms with E-state index in [4.69, 9.17) is 6.58 Å². The summed E-state index contributed by atoms with van der Waals surface area (Å²) in [6.45, 7) is 31.7. The van der Waals surface area contributed by atoms with Crippen molar-refractivity contribution in [3.05, 3.63) is 24.3 Å². The zero-order valence-electron chi connectivity index (χ0n) is 26.4. The van der Waals surface area contributed by atoms with E-state index in [9.17, 15) is 0 Å². The SMILES string of the molecule is C=C1C(C)C(CCC(C)C(C)(C)CCCC(C)C(C)(CC)CCCC(C)CC)C(=C)C2CCCCC12. The molecule has 0 heteroatoms. The van der Waals surface area contributed by atoms with E-state index in [2.05, 4.69) is 68.9 Å². The van der Waals surface area contributed by atoms with Gasteiger partial charge in [0.25, 0.3) is 0 Å². The predicted molar refractivity (Wildman–Crippen MR) is 163 cm³/mol. The van der Waals surface area contributed by atoms with Gasteiger partial charge in [-0.2, -0.15) is 0 Å². The summed E-state index contributed by atoms with van der Waals surface area (Å²) in [5, 5.41) is 0. The van der Waals surface area contributed by atoms with Gasteiger partial charge in [-0.15, -0.1) is 0 Å². The topological polar surface area (TPSA) is 0 Å². The summed E-state index contributed by atoms with van der Waals surface area (Å²) in [5.41, 5.74) is 4.08. The average Bonchev–Trinajstić information content (AvgIpc) is 2.86. The highest BCUT2D eigenvalue weighted by Gasteiger charge is 2.41. The molecule has 0 spiro atoms. The molecule has 2 aliphatic rings. The van der Waals surface area contributed by atoms with Crippen LogP contribution in [-0.4, -0.2) is 0 Å². The van der Waals surface area contributed by atoms with Crippen molar-refractivity contribution in [2.45, 2.75) is 152 Å². The molecular weight excluding hydrogens is 432 g/mol. The van der Waals surface area contributed by atoms with Crippen molar-refractivity contribution in [2.75, 3.05) is 0 Å². The highest BCUT2D eigenvalue weighted by atomic mass is 14.5. The predicted octanol–water partition coefficient (Wildman–Crippen LogP) is 12.1. The van der Waals surface area contributed by atoms with E-state index < -0.39 is 0 Å². The molecule has 0 radical (unpaired) electrons. The van der Waals surface area contributed by atoms with Crippen LogP contribution in [0.15, 0.2) is 24.3 Å². The summed E-state index contributed by atoms with van der Waals surface area (Å²) in [5.74, 6) is 5.23. The molecule has 0 N–H and O–H groups in total. The lowest BCUT2D eigenvalue weighted by Gasteiger charge is -2.47. The Morgan fingerprint density at radius 1 is 0.806 bits per heavy atom. The molecule has 0 aromatic heterocycles. The molecule has 2 rings (SSSR count). The number of rotatable bonds is 15. The monoisotopic (exact) mass is 499 g/mol. The van der Waals surface area contributed by atoms with E-state index in [0.29, 0.717) is 22.7 Å². The summed E-state index contributed by atoms with van der Waals surface area (Å²) < 4.78 is 0. The first-order valence-corrected chi connectivity index (χ1v) is 16.2. The van der Waals surface area contributed by atoms with Crippen LogP contribution in [0.3, 0.4) is 0 Å². The Kier molecular flexibility index (Phi) is 12.4. The summed E-state index contributed by atoms with van der Waals surface area (Å²) >= 11 is 0. The van der Waals surface area contributed by atoms with Crippen molar-refractivity contribution in [1.29, 1.82) is 0 Å². The number of allylic oxidation sites excluding steroid dienone is 2. The van der Waals surface area contributed by atoms with Crippen LogP contribution in [0.5, 0.6) is 0 Å². The quantitative estimate of drug-likeness (QED) is 0.197. The maximum atomic E-state index is 4.70. The maximum Gasteiger partial charge on any atom is -0.0137 e. The molecule has 2 fully saturated rings. The van der Waals surface area contributed by atoms with Crippen molar-refractivity contribution in [3.8, 4) is 0 Å². The molecule has 0 aromatic carbocycles. The van der Waals surface area contributed by atoms with Crippen LogP contribution in [0.25, 0.3) is 0 Å². The molecule has 8 unspecified atom stereocenters. The lowest BCUT2D eigenvalue weighted by atomic mass is 9.58. The highest BCUT2D eigenvalue weighted by Crippen LogP contribution is 2.52. The van der Waals surface area contributed by atoms with Crippen LogP contribution < -0.4 is 0 Å². The van der Waals surface area contributed by atoms with Gasteiger partial charge in [-0.3, -0.25) is 0 Å². The molecule has 8 atom stereocenters. The van der Waals surface area contributed by atoms with Crippen molar-refractivity contribution < 1.29 is 0 Å². The van der Waals surface area contributed by atoms with Crippen molar-refractivity contribution in [2.24, 2.45) is 52.3 Å². The van der Waals surface area contributed by atoms with Gasteiger partial charge in [0, 0.05) is 0 Å². The van der Waals surface area contributed by atoms with Gasteiger partial charge in [-0.05, 0) is 90.8 Å². The molecule has 0 bridgehead atoms. The zero-order chi connectivity index (χ0) is 27.1. The second-order valence-electron chi connectivity index (χ2n) is 14.7. The van der Waals surface area contributed by atoms with E-state index in [1.807, 2.05) is 0 Å². The minimum absolute atomic E-state index is 0.419. The van der Waals surface area contributed by atoms with Gasteiger partial charge in [0.15, 0.2) is 0 Å². The second kappa shape index (κ2) is 14.0. The van der Waals surface area contributed by atoms with Gasteiger partial charge in [0.05, 0.1) is 0 Å². The smallest absolute Gasteiger partial charge is 0.0137 e. The number of fused-ring (bicyclic) bond motifs is 1. The molecule has 0 heterocycles. The van der Waals surface area contributed by atoms with Crippen LogP contribution in [0.1, 0.15) is 152 Å². The lowest BCUT2D eigenvalue weighted by molar-refractivity contribution is 0.134. The number of hydrogen-bond donors (Lipinski definition) is 0. The molecule has 2 aliphatic carbocycles. The fourth-order valence-electron chi connectivity index (χ4n) is 7.76. The summed E-state index contributed by atoms with van der Waals surface area (Å²) in [4.78, 5) is 0. The first-order valence-electron chi connectivity index (χ1n) is 16.2. The van der Waals surface area contributed by atoms with Crippen molar-refractivity contribution in [3.63, 3.8) is 0 Å². The van der Waals surface area contributed by atoms with Gasteiger partial charge in [0.2, 0.25) is 0 Å². The van der Waals surface area contributed by atoms with Gasteiger partial charge in [-0.1, -0.05) is 138 Å². The van der Waals surface area contributed by atoms with E-state index in [1.54, 1.807) is 11.1 Å². The third kappa shape index (κ3) is 7.99. The van der Waals surface area contributed by atoms with Gasteiger partial charge < -0.3 is 0 Å². The zero-order valence-corrected chi connectivity index (χ0v) is 26.4. The van der Waals surface area contributed by atoms with Crippen LogP contribution in [0.2, 0.25) is 0 Å². The molecule has 0 aliphatic heterocycles. The normalized spacial score (nSPS) is 29.4. The van der Waals surface area contributed by atoms with E-state index in [1.165, 1.54) is 89.9 Å². The minimum atomic E-state index is 0.419. The Bertz CT molecular complexity index is 682. The first kappa shape index (κ1) is 31.7. The van der Waals surface area contributed by atoms with Gasteiger partial charge in [0.1, 0.15) is 0 Å².